The zero-order chi connectivity index (χ0) is 11.3. The quantitative estimate of drug-likeness (QED) is 0.758. The molecule has 0 aromatic heterocycles. The summed E-state index contributed by atoms with van der Waals surface area (Å²) in [4.78, 5) is 0. The Labute approximate surface area is 96.3 Å². The molecule has 0 saturated heterocycles. The maximum absolute atomic E-state index is 9.24. The standard InChI is InChI=1S/C12H18ClNO/c1-9(2)5-6-14-8-10-3-4-12(15)11(13)7-10/h3-4,7,9,14-15H,5-6,8H2,1-2H3. The summed E-state index contributed by atoms with van der Waals surface area (Å²) in [6.45, 7) is 6.22. The fourth-order valence-electron chi connectivity index (χ4n) is 1.28. The van der Waals surface area contributed by atoms with Crippen LogP contribution >= 0.6 is 11.6 Å². The fraction of sp³-hybridized carbons (Fsp3) is 0.500. The van der Waals surface area contributed by atoms with Crippen LogP contribution in [0.3, 0.4) is 0 Å². The van der Waals surface area contributed by atoms with Gasteiger partial charge < -0.3 is 10.4 Å². The normalized spacial score (nSPS) is 10.9. The first-order valence-corrected chi connectivity index (χ1v) is 5.65. The molecule has 0 heterocycles. The SMILES string of the molecule is CC(C)CCNCc1ccc(O)c(Cl)c1. The molecule has 0 radical (unpaired) electrons. The molecular formula is C12H18ClNO. The van der Waals surface area contributed by atoms with Gasteiger partial charge in [0, 0.05) is 6.54 Å². The Hall–Kier alpha value is -0.730. The summed E-state index contributed by atoms with van der Waals surface area (Å²) < 4.78 is 0. The van der Waals surface area contributed by atoms with Crippen molar-refractivity contribution >= 4 is 11.6 Å². The van der Waals surface area contributed by atoms with Gasteiger partial charge in [0.15, 0.2) is 0 Å². The molecule has 0 amide bonds. The van der Waals surface area contributed by atoms with Crippen molar-refractivity contribution in [3.63, 3.8) is 0 Å². The van der Waals surface area contributed by atoms with E-state index in [1.807, 2.05) is 6.07 Å². The Morgan fingerprint density at radius 3 is 2.73 bits per heavy atom. The fourth-order valence-corrected chi connectivity index (χ4v) is 1.49. The van der Waals surface area contributed by atoms with Crippen molar-refractivity contribution < 1.29 is 5.11 Å². The summed E-state index contributed by atoms with van der Waals surface area (Å²) in [5.41, 5.74) is 1.10. The van der Waals surface area contributed by atoms with E-state index in [9.17, 15) is 5.11 Å². The molecule has 0 spiro atoms. The summed E-state index contributed by atoms with van der Waals surface area (Å²) in [6.07, 6.45) is 1.17. The highest BCUT2D eigenvalue weighted by molar-refractivity contribution is 6.32. The van der Waals surface area contributed by atoms with Crippen LogP contribution in [0.15, 0.2) is 18.2 Å². The van der Waals surface area contributed by atoms with E-state index in [4.69, 9.17) is 11.6 Å². The number of halogens is 1. The molecule has 3 heteroatoms. The molecule has 1 rings (SSSR count). The summed E-state index contributed by atoms with van der Waals surface area (Å²) in [5, 5.41) is 13.0. The number of hydrogen-bond acceptors (Lipinski definition) is 2. The van der Waals surface area contributed by atoms with E-state index in [1.165, 1.54) is 6.42 Å². The third-order valence-electron chi connectivity index (χ3n) is 2.24. The van der Waals surface area contributed by atoms with Crippen LogP contribution in [0.25, 0.3) is 0 Å². The highest BCUT2D eigenvalue weighted by atomic mass is 35.5. The zero-order valence-electron chi connectivity index (χ0n) is 9.26. The molecule has 15 heavy (non-hydrogen) atoms. The third-order valence-corrected chi connectivity index (χ3v) is 2.54. The molecule has 0 saturated carbocycles. The van der Waals surface area contributed by atoms with Crippen LogP contribution in [0.1, 0.15) is 25.8 Å². The van der Waals surface area contributed by atoms with Crippen LogP contribution in [0, 0.1) is 5.92 Å². The van der Waals surface area contributed by atoms with Crippen molar-refractivity contribution in [2.45, 2.75) is 26.8 Å². The van der Waals surface area contributed by atoms with Gasteiger partial charge >= 0.3 is 0 Å². The minimum absolute atomic E-state index is 0.141. The lowest BCUT2D eigenvalue weighted by atomic mass is 10.1. The lowest BCUT2D eigenvalue weighted by Gasteiger charge is -2.07. The number of phenols is 1. The van der Waals surface area contributed by atoms with Gasteiger partial charge in [-0.05, 0) is 36.6 Å². The molecule has 0 bridgehead atoms. The van der Waals surface area contributed by atoms with E-state index in [0.29, 0.717) is 5.02 Å². The average Bonchev–Trinajstić information content (AvgIpc) is 2.18. The van der Waals surface area contributed by atoms with Gasteiger partial charge in [0.25, 0.3) is 0 Å². The molecular weight excluding hydrogens is 210 g/mol. The van der Waals surface area contributed by atoms with Gasteiger partial charge in [0.05, 0.1) is 5.02 Å². The zero-order valence-corrected chi connectivity index (χ0v) is 10.0. The first kappa shape index (κ1) is 12.3. The minimum atomic E-state index is 0.141. The molecule has 0 aliphatic heterocycles. The van der Waals surface area contributed by atoms with Crippen LogP contribution in [-0.2, 0) is 6.54 Å². The van der Waals surface area contributed by atoms with Crippen LogP contribution in [-0.4, -0.2) is 11.7 Å². The minimum Gasteiger partial charge on any atom is -0.506 e. The molecule has 2 N–H and O–H groups in total. The Balaban J connectivity index is 2.35. The highest BCUT2D eigenvalue weighted by Crippen LogP contribution is 2.23. The Bertz CT molecular complexity index is 312. The Kier molecular flexibility index (Phi) is 4.92. The summed E-state index contributed by atoms with van der Waals surface area (Å²) in [5.74, 6) is 0.864. The van der Waals surface area contributed by atoms with Crippen molar-refractivity contribution in [2.24, 2.45) is 5.92 Å². The molecule has 2 nitrogen and oxygen atoms in total. The monoisotopic (exact) mass is 227 g/mol. The number of hydrogen-bond donors (Lipinski definition) is 2. The number of aromatic hydroxyl groups is 1. The molecule has 0 unspecified atom stereocenters. The second kappa shape index (κ2) is 5.99. The number of rotatable bonds is 5. The maximum atomic E-state index is 9.24. The molecule has 0 aliphatic carbocycles. The number of nitrogens with one attached hydrogen (secondary N) is 1. The topological polar surface area (TPSA) is 32.3 Å². The van der Waals surface area contributed by atoms with Gasteiger partial charge in [-0.3, -0.25) is 0 Å². The molecule has 0 atom stereocenters. The van der Waals surface area contributed by atoms with Crippen LogP contribution < -0.4 is 5.32 Å². The molecule has 1 aromatic carbocycles. The van der Waals surface area contributed by atoms with Crippen LogP contribution in [0.5, 0.6) is 5.75 Å². The van der Waals surface area contributed by atoms with Gasteiger partial charge in [-0.2, -0.15) is 0 Å². The lowest BCUT2D eigenvalue weighted by molar-refractivity contribution is 0.475. The van der Waals surface area contributed by atoms with Gasteiger partial charge in [-0.1, -0.05) is 31.5 Å². The Morgan fingerprint density at radius 2 is 2.13 bits per heavy atom. The Morgan fingerprint density at radius 1 is 1.40 bits per heavy atom. The number of phenolic OH excluding ortho intramolecular Hbond substituents is 1. The highest BCUT2D eigenvalue weighted by Gasteiger charge is 1.99. The third kappa shape index (κ3) is 4.54. The van der Waals surface area contributed by atoms with Crippen molar-refractivity contribution in [3.05, 3.63) is 28.8 Å². The van der Waals surface area contributed by atoms with E-state index < -0.39 is 0 Å². The largest absolute Gasteiger partial charge is 0.506 e. The van der Waals surface area contributed by atoms with Crippen LogP contribution in [0.2, 0.25) is 5.02 Å². The van der Waals surface area contributed by atoms with E-state index in [1.54, 1.807) is 12.1 Å². The molecule has 0 aliphatic rings. The lowest BCUT2D eigenvalue weighted by Crippen LogP contribution is -2.16. The smallest absolute Gasteiger partial charge is 0.134 e. The number of benzene rings is 1. The summed E-state index contributed by atoms with van der Waals surface area (Å²) >= 11 is 5.80. The second-order valence-electron chi connectivity index (χ2n) is 4.15. The average molecular weight is 228 g/mol. The summed E-state index contributed by atoms with van der Waals surface area (Å²) in [6, 6.07) is 5.30. The van der Waals surface area contributed by atoms with Gasteiger partial charge in [0.2, 0.25) is 0 Å². The summed E-state index contributed by atoms with van der Waals surface area (Å²) in [7, 11) is 0. The van der Waals surface area contributed by atoms with E-state index in [2.05, 4.69) is 19.2 Å². The molecule has 0 fully saturated rings. The van der Waals surface area contributed by atoms with Gasteiger partial charge in [-0.15, -0.1) is 0 Å². The van der Waals surface area contributed by atoms with Crippen molar-refractivity contribution in [3.8, 4) is 5.75 Å². The van der Waals surface area contributed by atoms with Crippen LogP contribution in [0.4, 0.5) is 0 Å². The van der Waals surface area contributed by atoms with E-state index in [0.717, 1.165) is 24.6 Å². The van der Waals surface area contributed by atoms with Crippen molar-refractivity contribution in [1.29, 1.82) is 0 Å². The molecule has 1 aromatic rings. The van der Waals surface area contributed by atoms with E-state index >= 15 is 0 Å². The molecule has 84 valence electrons. The second-order valence-corrected chi connectivity index (χ2v) is 4.55. The van der Waals surface area contributed by atoms with Crippen molar-refractivity contribution in [2.75, 3.05) is 6.54 Å². The maximum Gasteiger partial charge on any atom is 0.134 e. The predicted octanol–water partition coefficient (Wildman–Crippen LogP) is 3.18. The van der Waals surface area contributed by atoms with Gasteiger partial charge in [0.1, 0.15) is 5.75 Å². The predicted molar refractivity (Wildman–Crippen MR) is 64.3 cm³/mol. The van der Waals surface area contributed by atoms with Crippen molar-refractivity contribution in [1.82, 2.24) is 5.32 Å². The first-order valence-electron chi connectivity index (χ1n) is 5.27. The van der Waals surface area contributed by atoms with E-state index in [-0.39, 0.29) is 5.75 Å². The first-order chi connectivity index (χ1) is 7.09. The van der Waals surface area contributed by atoms with Gasteiger partial charge in [-0.25, -0.2) is 0 Å².